The highest BCUT2D eigenvalue weighted by Gasteiger charge is 2.46. The number of nitrogens with zero attached hydrogens (tertiary/aromatic N) is 2. The normalized spacial score (nSPS) is 23.1. The van der Waals surface area contributed by atoms with Gasteiger partial charge in [0.2, 0.25) is 0 Å². The molecule has 1 aliphatic rings. The zero-order valence-corrected chi connectivity index (χ0v) is 20.8. The van der Waals surface area contributed by atoms with Crippen LogP contribution in [0.3, 0.4) is 0 Å². The minimum atomic E-state index is -1.44. The Labute approximate surface area is 216 Å². The molecule has 3 aromatic rings. The number of pyridine rings is 2. The van der Waals surface area contributed by atoms with E-state index in [0.29, 0.717) is 11.3 Å². The van der Waals surface area contributed by atoms with Crippen molar-refractivity contribution in [2.45, 2.75) is 50.7 Å². The molecule has 3 heterocycles. The molecule has 1 amide bonds. The van der Waals surface area contributed by atoms with Crippen LogP contribution in [-0.4, -0.2) is 51.1 Å². The quantitative estimate of drug-likeness (QED) is 0.353. The van der Waals surface area contributed by atoms with Gasteiger partial charge in [0.15, 0.2) is 11.6 Å². The van der Waals surface area contributed by atoms with E-state index in [4.69, 9.17) is 9.47 Å². The number of hydrogen-bond donors (Lipinski definition) is 4. The Morgan fingerprint density at radius 3 is 2.66 bits per heavy atom. The van der Waals surface area contributed by atoms with Gasteiger partial charge in [-0.25, -0.2) is 22.9 Å². The number of carbonyl (C=O) groups is 1. The second-order valence-electron chi connectivity index (χ2n) is 9.12. The maximum Gasteiger partial charge on any atom is 0.404 e. The summed E-state index contributed by atoms with van der Waals surface area (Å²) in [5.41, 5.74) is -1.13. The number of nitrogens with one attached hydrogen (secondary N) is 2. The van der Waals surface area contributed by atoms with Gasteiger partial charge in [-0.2, -0.15) is 0 Å². The van der Waals surface area contributed by atoms with Gasteiger partial charge in [-0.3, -0.25) is 4.98 Å². The largest absolute Gasteiger partial charge is 0.494 e. The monoisotopic (exact) mass is 532 g/mol. The summed E-state index contributed by atoms with van der Waals surface area (Å²) in [6.45, 7) is 3.19. The Balaban J connectivity index is 1.59. The summed E-state index contributed by atoms with van der Waals surface area (Å²) in [4.78, 5) is 19.5. The molecule has 0 aliphatic carbocycles. The molecule has 4 N–H and O–H groups in total. The highest BCUT2D eigenvalue weighted by atomic mass is 19.1. The van der Waals surface area contributed by atoms with Crippen LogP contribution in [0.15, 0.2) is 42.7 Å². The minimum absolute atomic E-state index is 0.0377. The van der Waals surface area contributed by atoms with E-state index in [-0.39, 0.29) is 24.4 Å². The van der Waals surface area contributed by atoms with E-state index >= 15 is 0 Å². The second kappa shape index (κ2) is 10.8. The number of ether oxygens (including phenoxy) is 2. The molecule has 1 fully saturated rings. The highest BCUT2D eigenvalue weighted by Crippen LogP contribution is 2.39. The maximum absolute atomic E-state index is 14.8. The molecule has 0 spiro atoms. The van der Waals surface area contributed by atoms with Crippen LogP contribution < -0.4 is 15.4 Å². The predicted octanol–water partition coefficient (Wildman–Crippen LogP) is 4.42. The van der Waals surface area contributed by atoms with E-state index in [0.717, 1.165) is 18.2 Å². The van der Waals surface area contributed by atoms with Crippen molar-refractivity contribution in [3.63, 3.8) is 0 Å². The summed E-state index contributed by atoms with van der Waals surface area (Å²) in [6, 6.07) is 5.41. The minimum Gasteiger partial charge on any atom is -0.494 e. The number of halogens is 3. The number of benzene rings is 1. The molecule has 12 heteroatoms. The van der Waals surface area contributed by atoms with Crippen LogP contribution in [0.1, 0.15) is 37.6 Å². The molecule has 0 saturated carbocycles. The van der Waals surface area contributed by atoms with Gasteiger partial charge < -0.3 is 30.3 Å². The zero-order chi connectivity index (χ0) is 27.6. The second-order valence-corrected chi connectivity index (χ2v) is 9.12. The van der Waals surface area contributed by atoms with Crippen LogP contribution >= 0.6 is 0 Å². The van der Waals surface area contributed by atoms with Gasteiger partial charge >= 0.3 is 6.09 Å². The molecular formula is C26H27F3N4O5. The van der Waals surface area contributed by atoms with E-state index in [2.05, 4.69) is 20.6 Å². The lowest BCUT2D eigenvalue weighted by atomic mass is 9.82. The molecule has 0 bridgehead atoms. The molecule has 1 aliphatic heterocycles. The lowest BCUT2D eigenvalue weighted by molar-refractivity contribution is -0.176. The average Bonchev–Trinajstić information content (AvgIpc) is 2.87. The molecule has 202 valence electrons. The summed E-state index contributed by atoms with van der Waals surface area (Å²) in [6.07, 6.45) is 0.663. The van der Waals surface area contributed by atoms with Gasteiger partial charge in [0.05, 0.1) is 55.0 Å². The Hall–Kier alpha value is -3.90. The first-order valence-corrected chi connectivity index (χ1v) is 11.8. The zero-order valence-electron chi connectivity index (χ0n) is 20.8. The summed E-state index contributed by atoms with van der Waals surface area (Å²) in [7, 11) is 1.22. The lowest BCUT2D eigenvalue weighted by Crippen LogP contribution is -2.60. The molecule has 2 unspecified atom stereocenters. The van der Waals surface area contributed by atoms with Gasteiger partial charge in [0, 0.05) is 18.2 Å². The SMILES string of the molecule is COc1ccc(F)c(-c2nc(CNc3cnccc3[C@H]3C[C@@H](NC(=O)O)C(C)(O)C(C)O3)ccc2F)c1F. The summed E-state index contributed by atoms with van der Waals surface area (Å²) >= 11 is 0. The van der Waals surface area contributed by atoms with Crippen LogP contribution in [0.4, 0.5) is 23.7 Å². The van der Waals surface area contributed by atoms with Crippen molar-refractivity contribution in [1.82, 2.24) is 15.3 Å². The molecule has 1 aromatic carbocycles. The lowest BCUT2D eigenvalue weighted by Gasteiger charge is -2.45. The fourth-order valence-corrected chi connectivity index (χ4v) is 4.41. The third-order valence-corrected chi connectivity index (χ3v) is 6.72. The van der Waals surface area contributed by atoms with Crippen molar-refractivity contribution in [2.24, 2.45) is 0 Å². The Morgan fingerprint density at radius 1 is 1.21 bits per heavy atom. The Bertz CT molecular complexity index is 1340. The third kappa shape index (κ3) is 5.36. The number of carboxylic acid groups (broad SMARTS) is 1. The summed E-state index contributed by atoms with van der Waals surface area (Å²) in [5.74, 6) is -3.21. The van der Waals surface area contributed by atoms with Crippen molar-refractivity contribution in [1.29, 1.82) is 0 Å². The molecule has 38 heavy (non-hydrogen) atoms. The maximum atomic E-state index is 14.8. The fraction of sp³-hybridized carbons (Fsp3) is 0.346. The highest BCUT2D eigenvalue weighted by molar-refractivity contribution is 5.65. The molecule has 4 atom stereocenters. The van der Waals surface area contributed by atoms with Gasteiger partial charge in [-0.05, 0) is 44.2 Å². The van der Waals surface area contributed by atoms with E-state index in [9.17, 15) is 28.2 Å². The van der Waals surface area contributed by atoms with Crippen LogP contribution in [0.5, 0.6) is 5.75 Å². The van der Waals surface area contributed by atoms with Gasteiger partial charge in [0.25, 0.3) is 0 Å². The summed E-state index contributed by atoms with van der Waals surface area (Å²) in [5, 5.41) is 25.5. The van der Waals surface area contributed by atoms with Gasteiger partial charge in [-0.1, -0.05) is 0 Å². The van der Waals surface area contributed by atoms with E-state index < -0.39 is 58.7 Å². The number of aromatic nitrogens is 2. The standard InChI is InChI=1S/C26H27F3N4O5/c1-13-26(2,36)21(33-25(34)35)10-20(38-13)15-8-9-30-12-18(15)31-11-14-4-5-17(28)24(32-14)22-16(27)6-7-19(37-3)23(22)29/h4-9,12-13,20-21,31,33,36H,10-11H2,1-3H3,(H,34,35)/t13?,20-,21-,26?/m1/s1. The topological polar surface area (TPSA) is 126 Å². The molecular weight excluding hydrogens is 505 g/mol. The van der Waals surface area contributed by atoms with Crippen LogP contribution in [0, 0.1) is 17.5 Å². The van der Waals surface area contributed by atoms with Crippen LogP contribution in [-0.2, 0) is 11.3 Å². The van der Waals surface area contributed by atoms with E-state index in [1.807, 2.05) is 0 Å². The van der Waals surface area contributed by atoms with E-state index in [1.54, 1.807) is 19.2 Å². The van der Waals surface area contributed by atoms with E-state index in [1.165, 1.54) is 26.3 Å². The predicted molar refractivity (Wildman–Crippen MR) is 131 cm³/mol. The smallest absolute Gasteiger partial charge is 0.404 e. The number of amides is 1. The molecule has 1 saturated heterocycles. The Morgan fingerprint density at radius 2 is 1.95 bits per heavy atom. The third-order valence-electron chi connectivity index (χ3n) is 6.72. The van der Waals surface area contributed by atoms with Crippen LogP contribution in [0.25, 0.3) is 11.3 Å². The number of methoxy groups -OCH3 is 1. The molecule has 9 nitrogen and oxygen atoms in total. The first-order chi connectivity index (χ1) is 18.0. The first kappa shape index (κ1) is 27.1. The number of hydrogen-bond acceptors (Lipinski definition) is 7. The fourth-order valence-electron chi connectivity index (χ4n) is 4.41. The van der Waals surface area contributed by atoms with Crippen molar-refractivity contribution in [2.75, 3.05) is 12.4 Å². The van der Waals surface area contributed by atoms with Crippen molar-refractivity contribution < 1.29 is 37.7 Å². The van der Waals surface area contributed by atoms with Crippen LogP contribution in [0.2, 0.25) is 0 Å². The number of anilines is 1. The molecule has 0 radical (unpaired) electrons. The number of rotatable bonds is 7. The van der Waals surface area contributed by atoms with Gasteiger partial charge in [-0.15, -0.1) is 0 Å². The average molecular weight is 533 g/mol. The van der Waals surface area contributed by atoms with Crippen molar-refractivity contribution in [3.8, 4) is 17.0 Å². The first-order valence-electron chi connectivity index (χ1n) is 11.8. The van der Waals surface area contributed by atoms with Crippen molar-refractivity contribution in [3.05, 3.63) is 71.4 Å². The Kier molecular flexibility index (Phi) is 7.74. The van der Waals surface area contributed by atoms with Crippen molar-refractivity contribution >= 4 is 11.8 Å². The molecule has 4 rings (SSSR count). The van der Waals surface area contributed by atoms with Gasteiger partial charge in [0.1, 0.15) is 22.9 Å². The summed E-state index contributed by atoms with van der Waals surface area (Å²) < 4.78 is 54.7. The number of aliphatic hydroxyl groups is 1. The molecule has 2 aromatic heterocycles.